The molecule has 19 heteroatoms. The van der Waals surface area contributed by atoms with Crippen molar-refractivity contribution in [3.63, 3.8) is 0 Å². The number of nitrogens with zero attached hydrogens (tertiary/aromatic N) is 2. The summed E-state index contributed by atoms with van der Waals surface area (Å²) >= 11 is 0. The number of nitrogen functional groups attached to an aromatic ring is 1. The minimum Gasteiger partial charge on any atom is -0.398 e. The standard InChI is InChI=1S/C27H25N3O12S4/c1-15-2-4-17(5-3-15)46(40,41)42-26-14-20(45(37,38)39)11-16-10-19(44(34,35)36)13-25(27(16)26)30-29-24-9-8-23(28)22-12-18(43(31,32)33)6-7-21(22)24/h2-14,34-39H,28H2,1H3,(H,31,32,33). The van der Waals surface area contributed by atoms with Crippen LogP contribution in [0.1, 0.15) is 5.56 Å². The van der Waals surface area contributed by atoms with Crippen LogP contribution in [0.5, 0.6) is 5.75 Å². The number of nitrogens with two attached hydrogens (primary N) is 1. The Hall–Kier alpha value is -3.86. The van der Waals surface area contributed by atoms with E-state index in [1.54, 1.807) is 6.92 Å². The monoisotopic (exact) mass is 711 g/mol. The van der Waals surface area contributed by atoms with E-state index in [9.17, 15) is 48.7 Å². The molecule has 244 valence electrons. The number of azo groups is 1. The van der Waals surface area contributed by atoms with E-state index in [2.05, 4.69) is 10.2 Å². The van der Waals surface area contributed by atoms with Crippen LogP contribution in [0.15, 0.2) is 109 Å². The van der Waals surface area contributed by atoms with Crippen LogP contribution < -0.4 is 9.92 Å². The Morgan fingerprint density at radius 1 is 0.609 bits per heavy atom. The highest BCUT2D eigenvalue weighted by atomic mass is 32.3. The second-order valence-corrected chi connectivity index (χ2v) is 15.9. The maximum atomic E-state index is 13.3. The van der Waals surface area contributed by atoms with Crippen molar-refractivity contribution >= 4 is 80.6 Å². The van der Waals surface area contributed by atoms with E-state index in [0.29, 0.717) is 0 Å². The first-order valence-corrected chi connectivity index (χ1v) is 18.5. The minimum absolute atomic E-state index is 0.0937. The summed E-state index contributed by atoms with van der Waals surface area (Å²) in [5, 5.41) is 8.40. The predicted molar refractivity (Wildman–Crippen MR) is 173 cm³/mol. The van der Waals surface area contributed by atoms with E-state index in [-0.39, 0.29) is 43.5 Å². The van der Waals surface area contributed by atoms with Crippen LogP contribution in [0.2, 0.25) is 0 Å². The highest BCUT2D eigenvalue weighted by Crippen LogP contribution is 2.52. The molecule has 0 spiro atoms. The molecule has 15 nitrogen and oxygen atoms in total. The van der Waals surface area contributed by atoms with E-state index < -0.39 is 62.4 Å². The average Bonchev–Trinajstić information content (AvgIpc) is 2.95. The Morgan fingerprint density at radius 2 is 1.17 bits per heavy atom. The maximum absolute atomic E-state index is 13.3. The summed E-state index contributed by atoms with van der Waals surface area (Å²) in [7, 11) is -18.1. The molecular weight excluding hydrogens is 687 g/mol. The van der Waals surface area contributed by atoms with Crippen molar-refractivity contribution in [2.24, 2.45) is 10.2 Å². The van der Waals surface area contributed by atoms with E-state index >= 15 is 0 Å². The number of hydrogen-bond acceptors (Lipinski definition) is 14. The van der Waals surface area contributed by atoms with E-state index in [1.165, 1.54) is 42.5 Å². The maximum Gasteiger partial charge on any atom is 0.339 e. The molecule has 46 heavy (non-hydrogen) atoms. The van der Waals surface area contributed by atoms with Crippen LogP contribution in [0.3, 0.4) is 0 Å². The van der Waals surface area contributed by atoms with Gasteiger partial charge in [-0.2, -0.15) is 16.8 Å². The van der Waals surface area contributed by atoms with E-state index in [1.807, 2.05) is 0 Å². The Labute approximate surface area is 265 Å². The van der Waals surface area contributed by atoms with Gasteiger partial charge in [-0.3, -0.25) is 4.55 Å². The Bertz CT molecular complexity index is 2260. The smallest absolute Gasteiger partial charge is 0.339 e. The predicted octanol–water partition coefficient (Wildman–Crippen LogP) is 7.48. The summed E-state index contributed by atoms with van der Waals surface area (Å²) in [6, 6.07) is 15.7. The normalized spacial score (nSPS) is 13.8. The first kappa shape index (κ1) is 33.5. The first-order chi connectivity index (χ1) is 21.2. The van der Waals surface area contributed by atoms with Crippen molar-refractivity contribution in [3.05, 3.63) is 84.4 Å². The van der Waals surface area contributed by atoms with Gasteiger partial charge in [-0.25, -0.2) is 0 Å². The van der Waals surface area contributed by atoms with Crippen molar-refractivity contribution in [2.45, 2.75) is 26.5 Å². The number of aryl methyl sites for hydroxylation is 1. The fourth-order valence-electron chi connectivity index (χ4n) is 4.42. The third kappa shape index (κ3) is 6.94. The minimum atomic E-state index is -4.59. The van der Waals surface area contributed by atoms with Crippen molar-refractivity contribution in [3.8, 4) is 5.75 Å². The SMILES string of the molecule is Cc1ccc(S(=O)(=O)Oc2cc(S(O)(O)O)cc3cc(S(O)(O)O)cc(N=Nc4ccc(N)c5cc(S(=O)(=O)O)ccc45)c23)cc1. The number of fused-ring (bicyclic) bond motifs is 2. The lowest BCUT2D eigenvalue weighted by Gasteiger charge is -2.23. The molecule has 0 saturated heterocycles. The number of rotatable bonds is 8. The molecular formula is C27H25N3O12S4. The molecule has 0 aliphatic heterocycles. The molecule has 0 aliphatic rings. The van der Waals surface area contributed by atoms with Gasteiger partial charge in [0.1, 0.15) is 26.6 Å². The molecule has 0 bridgehead atoms. The molecule has 0 radical (unpaired) electrons. The van der Waals surface area contributed by atoms with Gasteiger partial charge >= 0.3 is 10.1 Å². The Balaban J connectivity index is 1.77. The molecule has 5 aromatic rings. The van der Waals surface area contributed by atoms with Gasteiger partial charge in [0.25, 0.3) is 10.1 Å². The average molecular weight is 712 g/mol. The van der Waals surface area contributed by atoms with E-state index in [4.69, 9.17) is 9.92 Å². The molecule has 9 N–H and O–H groups in total. The quantitative estimate of drug-likeness (QED) is 0.0336. The van der Waals surface area contributed by atoms with Gasteiger partial charge in [0.2, 0.25) is 0 Å². The molecule has 5 aromatic carbocycles. The summed E-state index contributed by atoms with van der Waals surface area (Å²) in [4.78, 5) is -1.85. The van der Waals surface area contributed by atoms with Crippen molar-refractivity contribution in [1.82, 2.24) is 0 Å². The van der Waals surface area contributed by atoms with Gasteiger partial charge in [0.15, 0.2) is 5.75 Å². The van der Waals surface area contributed by atoms with Crippen LogP contribution in [0.25, 0.3) is 21.5 Å². The zero-order valence-corrected chi connectivity index (χ0v) is 26.5. The highest BCUT2D eigenvalue weighted by Gasteiger charge is 2.27. The number of anilines is 1. The van der Waals surface area contributed by atoms with Gasteiger partial charge in [0, 0.05) is 22.5 Å². The largest absolute Gasteiger partial charge is 0.398 e. The molecule has 0 fully saturated rings. The molecule has 0 unspecified atom stereocenters. The number of hydrogen-bond donors (Lipinski definition) is 8. The fraction of sp³-hybridized carbons (Fsp3) is 0.0370. The molecule has 0 heterocycles. The zero-order valence-electron chi connectivity index (χ0n) is 23.3. The van der Waals surface area contributed by atoms with Crippen LogP contribution >= 0.6 is 21.7 Å². The molecule has 5 rings (SSSR count). The molecule has 0 aromatic heterocycles. The summed E-state index contributed by atoms with van der Waals surface area (Å²) < 4.78 is 125. The third-order valence-corrected chi connectivity index (χ3v) is 10.5. The lowest BCUT2D eigenvalue weighted by molar-refractivity contribution is 0.374. The molecule has 0 atom stereocenters. The van der Waals surface area contributed by atoms with Crippen molar-refractivity contribution in [1.29, 1.82) is 0 Å². The van der Waals surface area contributed by atoms with Crippen molar-refractivity contribution < 1.29 is 52.9 Å². The fourth-order valence-corrected chi connectivity index (χ4v) is 6.97. The van der Waals surface area contributed by atoms with Crippen molar-refractivity contribution in [2.75, 3.05) is 5.73 Å². The summed E-state index contributed by atoms with van der Waals surface area (Å²) in [5.41, 5.74) is 6.68. The van der Waals surface area contributed by atoms with Crippen LogP contribution in [-0.2, 0) is 20.2 Å². The van der Waals surface area contributed by atoms with Gasteiger partial charge in [-0.1, -0.05) is 23.8 Å². The van der Waals surface area contributed by atoms with Gasteiger partial charge in [-0.05, 0) is 66.9 Å². The van der Waals surface area contributed by atoms with Gasteiger partial charge in [-0.15, -0.1) is 10.2 Å². The van der Waals surface area contributed by atoms with Gasteiger partial charge < -0.3 is 37.2 Å². The van der Waals surface area contributed by atoms with Crippen LogP contribution in [0.4, 0.5) is 17.1 Å². The summed E-state index contributed by atoms with van der Waals surface area (Å²) in [6.45, 7) is 1.73. The second kappa shape index (κ2) is 11.7. The second-order valence-electron chi connectivity index (χ2n) is 9.91. The third-order valence-electron chi connectivity index (χ3n) is 6.64. The topological polar surface area (TPSA) is 270 Å². The highest BCUT2D eigenvalue weighted by molar-refractivity contribution is 8.19. The van der Waals surface area contributed by atoms with Crippen LogP contribution in [0, 0.1) is 6.92 Å². The zero-order chi connectivity index (χ0) is 33.8. The molecule has 0 amide bonds. The lowest BCUT2D eigenvalue weighted by Crippen LogP contribution is -2.10. The van der Waals surface area contributed by atoms with E-state index in [0.717, 1.165) is 42.0 Å². The molecule has 0 aliphatic carbocycles. The molecule has 0 saturated carbocycles. The summed E-state index contributed by atoms with van der Waals surface area (Å²) in [6.07, 6.45) is 0. The lowest BCUT2D eigenvalue weighted by atomic mass is 10.1. The Morgan fingerprint density at radius 3 is 1.76 bits per heavy atom. The van der Waals surface area contributed by atoms with Gasteiger partial charge in [0.05, 0.1) is 31.4 Å². The number of benzene rings is 5. The first-order valence-electron chi connectivity index (χ1n) is 12.6. The summed E-state index contributed by atoms with van der Waals surface area (Å²) in [5.74, 6) is -0.572. The van der Waals surface area contributed by atoms with Crippen LogP contribution in [-0.4, -0.2) is 48.7 Å². The Kier molecular flexibility index (Phi) is 8.55.